The summed E-state index contributed by atoms with van der Waals surface area (Å²) in [5.41, 5.74) is 1.85. The Bertz CT molecular complexity index is 432. The molecule has 0 radical (unpaired) electrons. The van der Waals surface area contributed by atoms with Crippen LogP contribution in [0.2, 0.25) is 0 Å². The van der Waals surface area contributed by atoms with Crippen molar-refractivity contribution in [3.05, 3.63) is 35.2 Å². The predicted octanol–water partition coefficient (Wildman–Crippen LogP) is 4.49. The van der Waals surface area contributed by atoms with E-state index >= 15 is 0 Å². The van der Waals surface area contributed by atoms with Crippen molar-refractivity contribution in [2.24, 2.45) is 5.41 Å². The van der Waals surface area contributed by atoms with Crippen molar-refractivity contribution in [3.8, 4) is 0 Å². The van der Waals surface area contributed by atoms with Crippen LogP contribution in [0.15, 0.2) is 29.6 Å². The van der Waals surface area contributed by atoms with Gasteiger partial charge in [0.15, 0.2) is 0 Å². The van der Waals surface area contributed by atoms with Gasteiger partial charge >= 0.3 is 0 Å². The van der Waals surface area contributed by atoms with E-state index in [9.17, 15) is 0 Å². The van der Waals surface area contributed by atoms with E-state index in [1.807, 2.05) is 11.3 Å². The van der Waals surface area contributed by atoms with Gasteiger partial charge in [0.1, 0.15) is 0 Å². The molecule has 1 heteroatoms. The zero-order valence-electron chi connectivity index (χ0n) is 9.00. The van der Waals surface area contributed by atoms with Crippen molar-refractivity contribution in [2.75, 3.05) is 0 Å². The number of thiophene rings is 1. The lowest BCUT2D eigenvalue weighted by atomic mass is 9.87. The molecule has 0 unspecified atom stereocenters. The Kier molecular flexibility index (Phi) is 2.36. The number of hydrogen-bond acceptors (Lipinski definition) is 1. The van der Waals surface area contributed by atoms with Gasteiger partial charge in [0.05, 0.1) is 0 Å². The van der Waals surface area contributed by atoms with Crippen molar-refractivity contribution in [1.82, 2.24) is 0 Å². The van der Waals surface area contributed by atoms with Crippen LogP contribution in [0.3, 0.4) is 0 Å². The minimum atomic E-state index is 0.371. The second kappa shape index (κ2) is 3.39. The third-order valence-electron chi connectivity index (χ3n) is 2.31. The van der Waals surface area contributed by atoms with Gasteiger partial charge in [-0.25, -0.2) is 0 Å². The molecule has 0 spiro atoms. The molecule has 1 aromatic heterocycles. The van der Waals surface area contributed by atoms with E-state index in [0.29, 0.717) is 5.41 Å². The van der Waals surface area contributed by atoms with E-state index in [4.69, 9.17) is 0 Å². The third-order valence-corrected chi connectivity index (χ3v) is 3.19. The summed E-state index contributed by atoms with van der Waals surface area (Å²) in [6, 6.07) is 8.85. The quantitative estimate of drug-likeness (QED) is 0.642. The summed E-state index contributed by atoms with van der Waals surface area (Å²) in [7, 11) is 0. The van der Waals surface area contributed by atoms with Crippen LogP contribution in [-0.2, 0) is 6.42 Å². The molecule has 0 amide bonds. The molecule has 0 aliphatic carbocycles. The molecular formula is C13H16S. The molecule has 0 N–H and O–H groups in total. The zero-order valence-corrected chi connectivity index (χ0v) is 9.82. The highest BCUT2D eigenvalue weighted by Gasteiger charge is 2.13. The molecule has 14 heavy (non-hydrogen) atoms. The van der Waals surface area contributed by atoms with Gasteiger partial charge in [-0.15, -0.1) is 11.3 Å². The first-order chi connectivity index (χ1) is 6.56. The molecule has 0 aliphatic rings. The fraction of sp³-hybridized carbons (Fsp3) is 0.385. The van der Waals surface area contributed by atoms with Crippen LogP contribution in [0.4, 0.5) is 0 Å². The van der Waals surface area contributed by atoms with Gasteiger partial charge in [-0.05, 0) is 40.3 Å². The van der Waals surface area contributed by atoms with Crippen molar-refractivity contribution in [3.63, 3.8) is 0 Å². The van der Waals surface area contributed by atoms with E-state index in [2.05, 4.69) is 50.4 Å². The van der Waals surface area contributed by atoms with E-state index in [1.54, 1.807) is 0 Å². The normalized spacial score (nSPS) is 12.2. The maximum absolute atomic E-state index is 2.29. The second-order valence-corrected chi connectivity index (χ2v) is 5.93. The van der Waals surface area contributed by atoms with Crippen molar-refractivity contribution < 1.29 is 0 Å². The lowest BCUT2D eigenvalue weighted by Crippen LogP contribution is -2.09. The van der Waals surface area contributed by atoms with Gasteiger partial charge in [0.25, 0.3) is 0 Å². The SMILES string of the molecule is CC(C)(C)Cc1cccc2sccc12. The molecule has 1 heterocycles. The van der Waals surface area contributed by atoms with Gasteiger partial charge in [0.2, 0.25) is 0 Å². The van der Waals surface area contributed by atoms with Crippen LogP contribution in [0.1, 0.15) is 26.3 Å². The highest BCUT2D eigenvalue weighted by Crippen LogP contribution is 2.29. The maximum Gasteiger partial charge on any atom is 0.0345 e. The Hall–Kier alpha value is -0.820. The average Bonchev–Trinajstić information content (AvgIpc) is 2.49. The summed E-state index contributed by atoms with van der Waals surface area (Å²) in [4.78, 5) is 0. The summed E-state index contributed by atoms with van der Waals surface area (Å²) in [6.07, 6.45) is 1.15. The Morgan fingerprint density at radius 3 is 2.64 bits per heavy atom. The molecule has 0 fully saturated rings. The topological polar surface area (TPSA) is 0 Å². The average molecular weight is 204 g/mol. The van der Waals surface area contributed by atoms with E-state index in [1.165, 1.54) is 15.6 Å². The van der Waals surface area contributed by atoms with Gasteiger partial charge in [-0.3, -0.25) is 0 Å². The van der Waals surface area contributed by atoms with Crippen molar-refractivity contribution >= 4 is 21.4 Å². The van der Waals surface area contributed by atoms with Crippen LogP contribution in [0, 0.1) is 5.41 Å². The Labute approximate surface area is 89.6 Å². The van der Waals surface area contributed by atoms with Gasteiger partial charge in [-0.2, -0.15) is 0 Å². The number of rotatable bonds is 1. The van der Waals surface area contributed by atoms with E-state index < -0.39 is 0 Å². The Morgan fingerprint density at radius 1 is 1.14 bits per heavy atom. The summed E-state index contributed by atoms with van der Waals surface area (Å²) < 4.78 is 1.41. The lowest BCUT2D eigenvalue weighted by molar-refractivity contribution is 0.412. The molecule has 0 saturated heterocycles. The third kappa shape index (κ3) is 1.98. The van der Waals surface area contributed by atoms with Crippen LogP contribution in [0.5, 0.6) is 0 Å². The lowest BCUT2D eigenvalue weighted by Gasteiger charge is -2.18. The fourth-order valence-corrected chi connectivity index (χ4v) is 2.62. The smallest absolute Gasteiger partial charge is 0.0345 e. The van der Waals surface area contributed by atoms with E-state index in [0.717, 1.165) is 6.42 Å². The number of hydrogen-bond donors (Lipinski definition) is 0. The molecule has 1 aromatic carbocycles. The molecule has 0 atom stereocenters. The summed E-state index contributed by atoms with van der Waals surface area (Å²) >= 11 is 1.83. The van der Waals surface area contributed by atoms with Crippen LogP contribution >= 0.6 is 11.3 Å². The summed E-state index contributed by atoms with van der Waals surface area (Å²) in [5, 5.41) is 3.61. The first kappa shape index (κ1) is 9.72. The van der Waals surface area contributed by atoms with Crippen LogP contribution in [0.25, 0.3) is 10.1 Å². The summed E-state index contributed by atoms with van der Waals surface area (Å²) in [5.74, 6) is 0. The standard InChI is InChI=1S/C13H16S/c1-13(2,3)9-10-5-4-6-12-11(10)7-8-14-12/h4-8H,9H2,1-3H3. The van der Waals surface area contributed by atoms with E-state index in [-0.39, 0.29) is 0 Å². The minimum Gasteiger partial charge on any atom is -0.144 e. The highest BCUT2D eigenvalue weighted by atomic mass is 32.1. The summed E-state index contributed by atoms with van der Waals surface area (Å²) in [6.45, 7) is 6.87. The minimum absolute atomic E-state index is 0.371. The number of fused-ring (bicyclic) bond motifs is 1. The molecule has 0 aliphatic heterocycles. The zero-order chi connectivity index (χ0) is 10.2. The Morgan fingerprint density at radius 2 is 1.93 bits per heavy atom. The molecule has 0 saturated carbocycles. The number of benzene rings is 1. The molecule has 74 valence electrons. The molecule has 2 rings (SSSR count). The largest absolute Gasteiger partial charge is 0.144 e. The second-order valence-electron chi connectivity index (χ2n) is 4.99. The Balaban J connectivity index is 2.46. The highest BCUT2D eigenvalue weighted by molar-refractivity contribution is 7.17. The molecule has 2 aromatic rings. The molecule has 0 bridgehead atoms. The van der Waals surface area contributed by atoms with Gasteiger partial charge in [0, 0.05) is 4.70 Å². The van der Waals surface area contributed by atoms with Crippen LogP contribution < -0.4 is 0 Å². The van der Waals surface area contributed by atoms with Gasteiger partial charge < -0.3 is 0 Å². The molecular weight excluding hydrogens is 188 g/mol. The molecule has 0 nitrogen and oxygen atoms in total. The fourth-order valence-electron chi connectivity index (χ4n) is 1.78. The van der Waals surface area contributed by atoms with Gasteiger partial charge in [-0.1, -0.05) is 32.9 Å². The first-order valence-corrected chi connectivity index (χ1v) is 5.89. The first-order valence-electron chi connectivity index (χ1n) is 5.01. The monoisotopic (exact) mass is 204 g/mol. The van der Waals surface area contributed by atoms with Crippen molar-refractivity contribution in [2.45, 2.75) is 27.2 Å². The maximum atomic E-state index is 2.29. The van der Waals surface area contributed by atoms with Crippen molar-refractivity contribution in [1.29, 1.82) is 0 Å². The predicted molar refractivity (Wildman–Crippen MR) is 65.0 cm³/mol. The van der Waals surface area contributed by atoms with Crippen LogP contribution in [-0.4, -0.2) is 0 Å².